The predicted molar refractivity (Wildman–Crippen MR) is 82.0 cm³/mol. The third-order valence-corrected chi connectivity index (χ3v) is 4.33. The molecule has 112 valence electrons. The van der Waals surface area contributed by atoms with Crippen molar-refractivity contribution in [1.82, 2.24) is 10.2 Å². The van der Waals surface area contributed by atoms with Crippen LogP contribution in [0.25, 0.3) is 0 Å². The Kier molecular flexibility index (Phi) is 6.01. The summed E-state index contributed by atoms with van der Waals surface area (Å²) >= 11 is 1.80. The van der Waals surface area contributed by atoms with Crippen molar-refractivity contribution in [3.8, 4) is 0 Å². The lowest BCUT2D eigenvalue weighted by Gasteiger charge is -2.27. The molecule has 0 atom stereocenters. The second-order valence-corrected chi connectivity index (χ2v) is 6.58. The van der Waals surface area contributed by atoms with Crippen LogP contribution < -0.4 is 5.32 Å². The largest absolute Gasteiger partial charge is 0.380 e. The number of hydrogen-bond donors (Lipinski definition) is 1. The van der Waals surface area contributed by atoms with Gasteiger partial charge in [0.15, 0.2) is 0 Å². The van der Waals surface area contributed by atoms with Crippen LogP contribution in [0.1, 0.15) is 24.3 Å². The first-order chi connectivity index (χ1) is 9.66. The van der Waals surface area contributed by atoms with Gasteiger partial charge in [-0.05, 0) is 29.3 Å². The van der Waals surface area contributed by atoms with E-state index in [2.05, 4.69) is 30.6 Å². The van der Waals surface area contributed by atoms with Gasteiger partial charge in [0.2, 0.25) is 5.91 Å². The number of thiophene rings is 1. The van der Waals surface area contributed by atoms with Gasteiger partial charge in [0.1, 0.15) is 0 Å². The fourth-order valence-corrected chi connectivity index (χ4v) is 3.12. The van der Waals surface area contributed by atoms with Crippen molar-refractivity contribution in [3.63, 3.8) is 0 Å². The number of ether oxygens (including phenoxy) is 1. The van der Waals surface area contributed by atoms with E-state index in [0.29, 0.717) is 19.1 Å². The Labute approximate surface area is 125 Å². The molecule has 0 aliphatic carbocycles. The van der Waals surface area contributed by atoms with Crippen LogP contribution in [0.3, 0.4) is 0 Å². The molecular weight excluding hydrogens is 272 g/mol. The highest BCUT2D eigenvalue weighted by atomic mass is 32.1. The number of amides is 1. The van der Waals surface area contributed by atoms with Crippen molar-refractivity contribution in [2.24, 2.45) is 5.92 Å². The van der Waals surface area contributed by atoms with Crippen molar-refractivity contribution in [2.45, 2.75) is 26.8 Å². The van der Waals surface area contributed by atoms with Gasteiger partial charge in [0.05, 0.1) is 13.2 Å². The minimum absolute atomic E-state index is 0.186. The zero-order valence-electron chi connectivity index (χ0n) is 12.4. The third kappa shape index (κ3) is 4.58. The van der Waals surface area contributed by atoms with Crippen LogP contribution in [0.2, 0.25) is 0 Å². The Balaban J connectivity index is 1.61. The van der Waals surface area contributed by atoms with Crippen molar-refractivity contribution < 1.29 is 9.53 Å². The first kappa shape index (κ1) is 15.5. The molecular formula is C15H24N2O2S. The summed E-state index contributed by atoms with van der Waals surface area (Å²) in [7, 11) is 0. The molecule has 5 heteroatoms. The molecule has 1 aliphatic heterocycles. The van der Waals surface area contributed by atoms with Gasteiger partial charge in [-0.1, -0.05) is 13.8 Å². The molecule has 1 aromatic heterocycles. The summed E-state index contributed by atoms with van der Waals surface area (Å²) in [5, 5.41) is 5.27. The van der Waals surface area contributed by atoms with Crippen LogP contribution in [-0.2, 0) is 22.5 Å². The smallest absolute Gasteiger partial charge is 0.236 e. The SMILES string of the molecule is CC(C)COCCNCC(=O)N1CCc2sccc2C1. The summed E-state index contributed by atoms with van der Waals surface area (Å²) in [6, 6.07) is 2.13. The average molecular weight is 296 g/mol. The van der Waals surface area contributed by atoms with E-state index in [4.69, 9.17) is 4.74 Å². The molecule has 0 saturated carbocycles. The summed E-state index contributed by atoms with van der Waals surface area (Å²) in [6.45, 7) is 8.46. The number of carbonyl (C=O) groups is 1. The minimum atomic E-state index is 0.186. The van der Waals surface area contributed by atoms with E-state index in [1.165, 1.54) is 10.4 Å². The highest BCUT2D eigenvalue weighted by molar-refractivity contribution is 7.10. The quantitative estimate of drug-likeness (QED) is 0.781. The van der Waals surface area contributed by atoms with Crippen molar-refractivity contribution >= 4 is 17.2 Å². The summed E-state index contributed by atoms with van der Waals surface area (Å²) in [4.78, 5) is 15.5. The van der Waals surface area contributed by atoms with E-state index in [0.717, 1.165) is 32.7 Å². The van der Waals surface area contributed by atoms with Gasteiger partial charge in [0.25, 0.3) is 0 Å². The minimum Gasteiger partial charge on any atom is -0.380 e. The monoisotopic (exact) mass is 296 g/mol. The maximum Gasteiger partial charge on any atom is 0.236 e. The molecule has 2 rings (SSSR count). The third-order valence-electron chi connectivity index (χ3n) is 3.31. The normalized spacial score (nSPS) is 14.7. The van der Waals surface area contributed by atoms with Crippen LogP contribution in [0.4, 0.5) is 0 Å². The standard InChI is InChI=1S/C15H24N2O2S/c1-12(2)11-19-7-5-16-9-15(18)17-6-3-14-13(10-17)4-8-20-14/h4,8,12,16H,3,5-7,9-11H2,1-2H3. The summed E-state index contributed by atoms with van der Waals surface area (Å²) in [6.07, 6.45) is 0.996. The first-order valence-electron chi connectivity index (χ1n) is 7.28. The van der Waals surface area contributed by atoms with Gasteiger partial charge in [0, 0.05) is 31.1 Å². The summed E-state index contributed by atoms with van der Waals surface area (Å²) in [5.74, 6) is 0.746. The molecule has 0 bridgehead atoms. The number of carbonyl (C=O) groups excluding carboxylic acids is 1. The average Bonchev–Trinajstić information content (AvgIpc) is 2.89. The maximum absolute atomic E-state index is 12.1. The fraction of sp³-hybridized carbons (Fsp3) is 0.667. The van der Waals surface area contributed by atoms with E-state index in [-0.39, 0.29) is 5.91 Å². The topological polar surface area (TPSA) is 41.6 Å². The van der Waals surface area contributed by atoms with Crippen LogP contribution in [0, 0.1) is 5.92 Å². The van der Waals surface area contributed by atoms with Crippen molar-refractivity contribution in [1.29, 1.82) is 0 Å². The molecule has 2 heterocycles. The second-order valence-electron chi connectivity index (χ2n) is 5.58. The van der Waals surface area contributed by atoms with Gasteiger partial charge in [-0.2, -0.15) is 0 Å². The molecule has 4 nitrogen and oxygen atoms in total. The van der Waals surface area contributed by atoms with E-state index in [9.17, 15) is 4.79 Å². The number of hydrogen-bond acceptors (Lipinski definition) is 4. The lowest BCUT2D eigenvalue weighted by atomic mass is 10.1. The molecule has 0 saturated heterocycles. The summed E-state index contributed by atoms with van der Waals surface area (Å²) in [5.41, 5.74) is 1.31. The Morgan fingerprint density at radius 3 is 3.20 bits per heavy atom. The van der Waals surface area contributed by atoms with Crippen LogP contribution in [-0.4, -0.2) is 43.7 Å². The van der Waals surface area contributed by atoms with Gasteiger partial charge >= 0.3 is 0 Å². The fourth-order valence-electron chi connectivity index (χ4n) is 2.23. The van der Waals surface area contributed by atoms with Crippen molar-refractivity contribution in [2.75, 3.05) is 32.8 Å². The van der Waals surface area contributed by atoms with Crippen LogP contribution >= 0.6 is 11.3 Å². The van der Waals surface area contributed by atoms with E-state index in [1.807, 2.05) is 4.90 Å². The number of fused-ring (bicyclic) bond motifs is 1. The molecule has 0 aromatic carbocycles. The Morgan fingerprint density at radius 1 is 1.55 bits per heavy atom. The molecule has 20 heavy (non-hydrogen) atoms. The van der Waals surface area contributed by atoms with E-state index < -0.39 is 0 Å². The van der Waals surface area contributed by atoms with Crippen LogP contribution in [0.5, 0.6) is 0 Å². The lowest BCUT2D eigenvalue weighted by molar-refractivity contribution is -0.131. The molecule has 0 fully saturated rings. The first-order valence-corrected chi connectivity index (χ1v) is 8.16. The molecule has 0 spiro atoms. The summed E-state index contributed by atoms with van der Waals surface area (Å²) < 4.78 is 5.47. The molecule has 1 aromatic rings. The second kappa shape index (κ2) is 7.76. The lowest BCUT2D eigenvalue weighted by Crippen LogP contribution is -2.41. The number of nitrogens with one attached hydrogen (secondary N) is 1. The molecule has 1 amide bonds. The van der Waals surface area contributed by atoms with Gasteiger partial charge in [-0.15, -0.1) is 11.3 Å². The Bertz CT molecular complexity index is 431. The maximum atomic E-state index is 12.1. The zero-order valence-corrected chi connectivity index (χ0v) is 13.2. The van der Waals surface area contributed by atoms with Gasteiger partial charge in [-0.3, -0.25) is 4.79 Å². The molecule has 0 unspecified atom stereocenters. The van der Waals surface area contributed by atoms with Crippen LogP contribution in [0.15, 0.2) is 11.4 Å². The predicted octanol–water partition coefficient (Wildman–Crippen LogP) is 1.89. The van der Waals surface area contributed by atoms with E-state index >= 15 is 0 Å². The molecule has 0 radical (unpaired) electrons. The molecule has 1 aliphatic rings. The highest BCUT2D eigenvalue weighted by Gasteiger charge is 2.20. The van der Waals surface area contributed by atoms with E-state index in [1.54, 1.807) is 11.3 Å². The molecule has 1 N–H and O–H groups in total. The van der Waals surface area contributed by atoms with Gasteiger partial charge < -0.3 is 15.0 Å². The zero-order chi connectivity index (χ0) is 14.4. The van der Waals surface area contributed by atoms with Crippen molar-refractivity contribution in [3.05, 3.63) is 21.9 Å². The number of nitrogens with zero attached hydrogens (tertiary/aromatic N) is 1. The number of rotatable bonds is 7. The Morgan fingerprint density at radius 2 is 2.40 bits per heavy atom. The van der Waals surface area contributed by atoms with Gasteiger partial charge in [-0.25, -0.2) is 0 Å². The Hall–Kier alpha value is -0.910. The highest BCUT2D eigenvalue weighted by Crippen LogP contribution is 2.23.